The van der Waals surface area contributed by atoms with Crippen molar-refractivity contribution in [1.82, 2.24) is 10.3 Å². The molecule has 0 saturated carbocycles. The van der Waals surface area contributed by atoms with Gasteiger partial charge in [-0.05, 0) is 72.5 Å². The molecule has 0 aliphatic carbocycles. The van der Waals surface area contributed by atoms with E-state index in [1.54, 1.807) is 26.2 Å². The molecule has 2 heterocycles. The van der Waals surface area contributed by atoms with E-state index in [1.807, 2.05) is 30.3 Å². The molecular weight excluding hydrogens is 518 g/mol. The second-order valence-corrected chi connectivity index (χ2v) is 10.2. The maximum atomic E-state index is 11.2. The van der Waals surface area contributed by atoms with Crippen molar-refractivity contribution < 1.29 is 19.1 Å². The van der Waals surface area contributed by atoms with Crippen molar-refractivity contribution >= 4 is 16.6 Å². The van der Waals surface area contributed by atoms with Crippen molar-refractivity contribution in [2.75, 3.05) is 13.7 Å². The van der Waals surface area contributed by atoms with Gasteiger partial charge in [0.15, 0.2) is 0 Å². The Balaban J connectivity index is 1.25. The van der Waals surface area contributed by atoms with Crippen LogP contribution in [0.3, 0.4) is 0 Å². The van der Waals surface area contributed by atoms with Gasteiger partial charge in [0.25, 0.3) is 5.69 Å². The molecule has 4 aromatic carbocycles. The number of ether oxygens (including phenoxy) is 3. The van der Waals surface area contributed by atoms with E-state index in [0.29, 0.717) is 17.9 Å². The topological polar surface area (TPSA) is 98.7 Å². The molecular formula is C33H31N3O5. The number of nitro benzene ring substituents is 1. The Bertz CT molecular complexity index is 1710. The van der Waals surface area contributed by atoms with Crippen molar-refractivity contribution in [3.63, 3.8) is 0 Å². The number of nitrogens with zero attached hydrogens (tertiary/aromatic N) is 1. The lowest BCUT2D eigenvalue weighted by Gasteiger charge is -2.25. The average molecular weight is 550 g/mol. The van der Waals surface area contributed by atoms with Crippen LogP contribution in [0.1, 0.15) is 39.6 Å². The highest BCUT2D eigenvalue weighted by molar-refractivity contribution is 5.86. The Morgan fingerprint density at radius 3 is 2.49 bits per heavy atom. The maximum Gasteiger partial charge on any atom is 0.272 e. The predicted octanol–water partition coefficient (Wildman–Crippen LogP) is 6.79. The zero-order valence-electron chi connectivity index (χ0n) is 23.0. The summed E-state index contributed by atoms with van der Waals surface area (Å²) in [6.07, 6.45) is 0.916. The largest absolute Gasteiger partial charge is 0.496 e. The Hall–Kier alpha value is -4.82. The third-order valence-electron chi connectivity index (χ3n) is 7.57. The number of H-pyrrole nitrogens is 1. The zero-order chi connectivity index (χ0) is 28.3. The molecule has 0 fully saturated rings. The third kappa shape index (κ3) is 5.47. The smallest absolute Gasteiger partial charge is 0.272 e. The fourth-order valence-corrected chi connectivity index (χ4v) is 5.50. The SMILES string of the molecule is COc1ccc([C@@H]2NCCc3c2[nH]c2ccc(OCc4ccccc4)cc32)cc1COc1ccc([N+](=O)[O-])c(C)c1. The molecule has 1 atom stereocenters. The van der Waals surface area contributed by atoms with Crippen LogP contribution in [-0.4, -0.2) is 23.6 Å². The lowest BCUT2D eigenvalue weighted by atomic mass is 9.93. The molecule has 0 amide bonds. The maximum absolute atomic E-state index is 11.2. The minimum atomic E-state index is -0.389. The molecule has 41 heavy (non-hydrogen) atoms. The van der Waals surface area contributed by atoms with E-state index >= 15 is 0 Å². The average Bonchev–Trinajstić information content (AvgIpc) is 3.37. The summed E-state index contributed by atoms with van der Waals surface area (Å²) >= 11 is 0. The van der Waals surface area contributed by atoms with Gasteiger partial charge >= 0.3 is 0 Å². The normalized spacial score (nSPS) is 14.4. The molecule has 0 bridgehead atoms. The van der Waals surface area contributed by atoms with Gasteiger partial charge in [-0.1, -0.05) is 36.4 Å². The summed E-state index contributed by atoms with van der Waals surface area (Å²) in [5.41, 5.74) is 7.28. The van der Waals surface area contributed by atoms with E-state index in [-0.39, 0.29) is 23.3 Å². The molecule has 5 aromatic rings. The number of methoxy groups -OCH3 is 1. The van der Waals surface area contributed by atoms with Crippen LogP contribution in [0.2, 0.25) is 0 Å². The number of nitrogens with one attached hydrogen (secondary N) is 2. The van der Waals surface area contributed by atoms with Crippen LogP contribution < -0.4 is 19.5 Å². The summed E-state index contributed by atoms with van der Waals surface area (Å²) in [5.74, 6) is 2.14. The molecule has 8 heteroatoms. The van der Waals surface area contributed by atoms with Crippen LogP contribution in [0.4, 0.5) is 5.69 Å². The van der Waals surface area contributed by atoms with E-state index in [2.05, 4.69) is 46.7 Å². The minimum absolute atomic E-state index is 0.0221. The molecule has 1 aliphatic rings. The highest BCUT2D eigenvalue weighted by Crippen LogP contribution is 2.36. The molecule has 1 aliphatic heterocycles. The second-order valence-electron chi connectivity index (χ2n) is 10.2. The first kappa shape index (κ1) is 26.4. The Kier molecular flexibility index (Phi) is 7.31. The van der Waals surface area contributed by atoms with E-state index in [1.165, 1.54) is 17.0 Å². The minimum Gasteiger partial charge on any atom is -0.496 e. The number of aryl methyl sites for hydroxylation is 1. The van der Waals surface area contributed by atoms with Crippen LogP contribution >= 0.6 is 0 Å². The number of aromatic nitrogens is 1. The van der Waals surface area contributed by atoms with Gasteiger partial charge in [0, 0.05) is 40.3 Å². The number of benzene rings is 4. The van der Waals surface area contributed by atoms with Crippen molar-refractivity contribution in [2.24, 2.45) is 0 Å². The highest BCUT2D eigenvalue weighted by atomic mass is 16.6. The number of aromatic amines is 1. The third-order valence-corrected chi connectivity index (χ3v) is 7.57. The number of hydrogen-bond acceptors (Lipinski definition) is 6. The summed E-state index contributed by atoms with van der Waals surface area (Å²) in [5, 5.41) is 16.0. The lowest BCUT2D eigenvalue weighted by Crippen LogP contribution is -2.30. The van der Waals surface area contributed by atoms with Crippen LogP contribution in [-0.2, 0) is 19.6 Å². The van der Waals surface area contributed by atoms with Crippen molar-refractivity contribution in [3.8, 4) is 17.2 Å². The summed E-state index contributed by atoms with van der Waals surface area (Å²) in [4.78, 5) is 14.4. The van der Waals surface area contributed by atoms with Crippen molar-refractivity contribution in [1.29, 1.82) is 0 Å². The van der Waals surface area contributed by atoms with E-state index in [9.17, 15) is 10.1 Å². The Morgan fingerprint density at radius 1 is 0.927 bits per heavy atom. The quantitative estimate of drug-likeness (QED) is 0.155. The first-order chi connectivity index (χ1) is 20.0. The van der Waals surface area contributed by atoms with Gasteiger partial charge in [0.05, 0.1) is 18.1 Å². The van der Waals surface area contributed by atoms with Gasteiger partial charge in [-0.25, -0.2) is 0 Å². The van der Waals surface area contributed by atoms with Crippen LogP contribution in [0.15, 0.2) is 84.9 Å². The molecule has 0 spiro atoms. The van der Waals surface area contributed by atoms with Gasteiger partial charge in [0.2, 0.25) is 0 Å². The molecule has 208 valence electrons. The molecule has 8 nitrogen and oxygen atoms in total. The first-order valence-electron chi connectivity index (χ1n) is 13.6. The van der Waals surface area contributed by atoms with Gasteiger partial charge in [-0.3, -0.25) is 10.1 Å². The van der Waals surface area contributed by atoms with Crippen LogP contribution in [0.5, 0.6) is 17.2 Å². The van der Waals surface area contributed by atoms with E-state index < -0.39 is 0 Å². The zero-order valence-corrected chi connectivity index (χ0v) is 23.0. The molecule has 6 rings (SSSR count). The lowest BCUT2D eigenvalue weighted by molar-refractivity contribution is -0.385. The second kappa shape index (κ2) is 11.3. The fraction of sp³-hybridized carbons (Fsp3) is 0.212. The van der Waals surface area contributed by atoms with Gasteiger partial charge in [-0.2, -0.15) is 0 Å². The summed E-state index contributed by atoms with van der Waals surface area (Å²) in [7, 11) is 1.64. The Labute approximate surface area is 238 Å². The molecule has 0 radical (unpaired) electrons. The molecule has 0 unspecified atom stereocenters. The number of hydrogen-bond donors (Lipinski definition) is 2. The number of nitro groups is 1. The molecule has 0 saturated heterocycles. The Morgan fingerprint density at radius 2 is 1.71 bits per heavy atom. The predicted molar refractivity (Wildman–Crippen MR) is 158 cm³/mol. The summed E-state index contributed by atoms with van der Waals surface area (Å²) < 4.78 is 17.8. The standard InChI is InChI=1S/C33H31N3O5/c1-21-16-25(10-12-30(21)36(37)38)41-20-24-17-23(8-13-31(24)39-2)32-33-27(14-15-34-32)28-18-26(9-11-29(28)35-33)40-19-22-6-4-3-5-7-22/h3-13,16-18,32,34-35H,14-15,19-20H2,1-2H3/t32-/m0/s1. The fourth-order valence-electron chi connectivity index (χ4n) is 5.50. The highest BCUT2D eigenvalue weighted by Gasteiger charge is 2.26. The van der Waals surface area contributed by atoms with Crippen molar-refractivity contribution in [3.05, 3.63) is 129 Å². The number of rotatable bonds is 9. The van der Waals surface area contributed by atoms with Gasteiger partial charge < -0.3 is 24.5 Å². The summed E-state index contributed by atoms with van der Waals surface area (Å²) in [6, 6.07) is 27.3. The van der Waals surface area contributed by atoms with Gasteiger partial charge in [-0.15, -0.1) is 0 Å². The van der Waals surface area contributed by atoms with E-state index in [4.69, 9.17) is 14.2 Å². The number of fused-ring (bicyclic) bond motifs is 3. The van der Waals surface area contributed by atoms with Gasteiger partial charge in [0.1, 0.15) is 30.5 Å². The van der Waals surface area contributed by atoms with Crippen LogP contribution in [0, 0.1) is 17.0 Å². The monoisotopic (exact) mass is 549 g/mol. The summed E-state index contributed by atoms with van der Waals surface area (Å²) in [6.45, 7) is 3.35. The van der Waals surface area contributed by atoms with Crippen molar-refractivity contribution in [2.45, 2.75) is 32.6 Å². The first-order valence-corrected chi connectivity index (χ1v) is 13.6. The molecule has 2 N–H and O–H groups in total. The van der Waals surface area contributed by atoms with E-state index in [0.717, 1.165) is 52.4 Å². The van der Waals surface area contributed by atoms with Crippen LogP contribution in [0.25, 0.3) is 10.9 Å². The molecule has 1 aromatic heterocycles.